The molecule has 78 valence electrons. The quantitative estimate of drug-likeness (QED) is 0.663. The predicted octanol–water partition coefficient (Wildman–Crippen LogP) is 2.18. The first-order valence-electron chi connectivity index (χ1n) is 4.92. The Labute approximate surface area is 79.8 Å². The van der Waals surface area contributed by atoms with E-state index in [2.05, 4.69) is 6.92 Å². The summed E-state index contributed by atoms with van der Waals surface area (Å²) >= 11 is 0. The summed E-state index contributed by atoms with van der Waals surface area (Å²) in [5, 5.41) is 17.1. The van der Waals surface area contributed by atoms with Crippen LogP contribution in [0.1, 0.15) is 52.4 Å². The van der Waals surface area contributed by atoms with E-state index in [9.17, 15) is 5.11 Å². The number of aliphatic carboxylic acids is 1. The summed E-state index contributed by atoms with van der Waals surface area (Å²) in [6.45, 7) is 3.16. The Morgan fingerprint density at radius 2 is 1.69 bits per heavy atom. The Morgan fingerprint density at radius 1 is 1.31 bits per heavy atom. The Balaban J connectivity index is 0.000000310. The van der Waals surface area contributed by atoms with Gasteiger partial charge in [-0.3, -0.25) is 4.79 Å². The van der Waals surface area contributed by atoms with Gasteiger partial charge < -0.3 is 10.2 Å². The number of carboxylic acids is 1. The van der Waals surface area contributed by atoms with Gasteiger partial charge in [0.05, 0.1) is 5.60 Å². The van der Waals surface area contributed by atoms with Crippen LogP contribution < -0.4 is 0 Å². The lowest BCUT2D eigenvalue weighted by Gasteiger charge is -2.30. The van der Waals surface area contributed by atoms with Gasteiger partial charge in [-0.1, -0.05) is 26.2 Å². The van der Waals surface area contributed by atoms with Crippen LogP contribution in [0.3, 0.4) is 0 Å². The maximum atomic E-state index is 9.68. The molecule has 0 radical (unpaired) electrons. The smallest absolute Gasteiger partial charge is 0.300 e. The van der Waals surface area contributed by atoms with Crippen LogP contribution in [0.25, 0.3) is 0 Å². The van der Waals surface area contributed by atoms with Crippen molar-refractivity contribution in [3.63, 3.8) is 0 Å². The second-order valence-corrected chi connectivity index (χ2v) is 3.66. The molecule has 0 heterocycles. The highest BCUT2D eigenvalue weighted by atomic mass is 16.4. The van der Waals surface area contributed by atoms with Gasteiger partial charge in [-0.15, -0.1) is 0 Å². The fraction of sp³-hybridized carbons (Fsp3) is 0.900. The molecule has 0 unspecified atom stereocenters. The Morgan fingerprint density at radius 3 is 1.92 bits per heavy atom. The van der Waals surface area contributed by atoms with E-state index in [1.165, 1.54) is 19.3 Å². The molecule has 0 amide bonds. The van der Waals surface area contributed by atoms with E-state index < -0.39 is 5.97 Å². The standard InChI is InChI=1S/C8H16O.C2H4O2/c1-2-8(9)6-4-3-5-7-8;1-2(3)4/h9H,2-7H2,1H3;1H3,(H,3,4). The lowest BCUT2D eigenvalue weighted by molar-refractivity contribution is -0.134. The molecule has 0 aromatic heterocycles. The fourth-order valence-corrected chi connectivity index (χ4v) is 1.56. The van der Waals surface area contributed by atoms with Crippen LogP contribution in [0.5, 0.6) is 0 Å². The van der Waals surface area contributed by atoms with E-state index in [4.69, 9.17) is 9.90 Å². The van der Waals surface area contributed by atoms with Gasteiger partial charge in [0, 0.05) is 6.92 Å². The second kappa shape index (κ2) is 5.97. The summed E-state index contributed by atoms with van der Waals surface area (Å²) in [6, 6.07) is 0. The van der Waals surface area contributed by atoms with Crippen molar-refractivity contribution in [3.05, 3.63) is 0 Å². The second-order valence-electron chi connectivity index (χ2n) is 3.66. The molecule has 3 heteroatoms. The van der Waals surface area contributed by atoms with Crippen LogP contribution in [0.4, 0.5) is 0 Å². The predicted molar refractivity (Wildman–Crippen MR) is 51.6 cm³/mol. The molecule has 0 saturated heterocycles. The molecule has 13 heavy (non-hydrogen) atoms. The van der Waals surface area contributed by atoms with Gasteiger partial charge in [-0.05, 0) is 19.3 Å². The molecule has 1 fully saturated rings. The van der Waals surface area contributed by atoms with Gasteiger partial charge in [0.25, 0.3) is 5.97 Å². The van der Waals surface area contributed by atoms with Crippen molar-refractivity contribution in [2.75, 3.05) is 0 Å². The van der Waals surface area contributed by atoms with Crippen molar-refractivity contribution in [2.24, 2.45) is 0 Å². The molecule has 0 bridgehead atoms. The van der Waals surface area contributed by atoms with Crippen molar-refractivity contribution >= 4 is 5.97 Å². The summed E-state index contributed by atoms with van der Waals surface area (Å²) in [6.07, 6.45) is 6.77. The molecule has 0 spiro atoms. The molecule has 1 aliphatic carbocycles. The largest absolute Gasteiger partial charge is 0.481 e. The van der Waals surface area contributed by atoms with Crippen LogP contribution in [-0.2, 0) is 4.79 Å². The normalized spacial score (nSPS) is 19.9. The van der Waals surface area contributed by atoms with Crippen LogP contribution in [-0.4, -0.2) is 21.8 Å². The zero-order valence-corrected chi connectivity index (χ0v) is 8.55. The molecular weight excluding hydrogens is 168 g/mol. The molecule has 1 saturated carbocycles. The summed E-state index contributed by atoms with van der Waals surface area (Å²) in [7, 11) is 0. The minimum Gasteiger partial charge on any atom is -0.481 e. The van der Waals surface area contributed by atoms with Crippen LogP contribution in [0.15, 0.2) is 0 Å². The number of rotatable bonds is 1. The van der Waals surface area contributed by atoms with Crippen LogP contribution in [0.2, 0.25) is 0 Å². The lowest BCUT2D eigenvalue weighted by atomic mass is 9.83. The van der Waals surface area contributed by atoms with Gasteiger partial charge in [-0.25, -0.2) is 0 Å². The molecule has 0 aromatic carbocycles. The van der Waals surface area contributed by atoms with E-state index in [1.807, 2.05) is 0 Å². The maximum absolute atomic E-state index is 9.68. The van der Waals surface area contributed by atoms with Gasteiger partial charge in [0.2, 0.25) is 0 Å². The first-order chi connectivity index (χ1) is 6.00. The highest BCUT2D eigenvalue weighted by Gasteiger charge is 2.26. The van der Waals surface area contributed by atoms with Crippen molar-refractivity contribution in [3.8, 4) is 0 Å². The zero-order chi connectivity index (χ0) is 10.3. The molecule has 2 N–H and O–H groups in total. The van der Waals surface area contributed by atoms with Crippen LogP contribution in [0, 0.1) is 0 Å². The number of hydrogen-bond acceptors (Lipinski definition) is 2. The number of aliphatic hydroxyl groups is 1. The number of carbonyl (C=O) groups is 1. The van der Waals surface area contributed by atoms with Crippen molar-refractivity contribution in [1.29, 1.82) is 0 Å². The molecule has 3 nitrogen and oxygen atoms in total. The van der Waals surface area contributed by atoms with E-state index in [0.29, 0.717) is 0 Å². The summed E-state index contributed by atoms with van der Waals surface area (Å²) in [5.74, 6) is -0.833. The monoisotopic (exact) mass is 188 g/mol. The molecule has 0 atom stereocenters. The van der Waals surface area contributed by atoms with E-state index in [1.54, 1.807) is 0 Å². The topological polar surface area (TPSA) is 57.5 Å². The highest BCUT2D eigenvalue weighted by Crippen LogP contribution is 2.30. The van der Waals surface area contributed by atoms with Crippen LogP contribution >= 0.6 is 0 Å². The first kappa shape index (κ1) is 12.4. The maximum Gasteiger partial charge on any atom is 0.300 e. The summed E-state index contributed by atoms with van der Waals surface area (Å²) in [5.41, 5.74) is -0.280. The van der Waals surface area contributed by atoms with Crippen molar-refractivity contribution in [1.82, 2.24) is 0 Å². The van der Waals surface area contributed by atoms with Gasteiger partial charge in [-0.2, -0.15) is 0 Å². The third kappa shape index (κ3) is 6.58. The van der Waals surface area contributed by atoms with E-state index in [0.717, 1.165) is 26.2 Å². The van der Waals surface area contributed by atoms with E-state index in [-0.39, 0.29) is 5.60 Å². The minimum atomic E-state index is -0.833. The lowest BCUT2D eigenvalue weighted by Crippen LogP contribution is -2.29. The fourth-order valence-electron chi connectivity index (χ4n) is 1.56. The van der Waals surface area contributed by atoms with Crippen molar-refractivity contribution in [2.45, 2.75) is 58.0 Å². The zero-order valence-electron chi connectivity index (χ0n) is 8.55. The van der Waals surface area contributed by atoms with Crippen molar-refractivity contribution < 1.29 is 15.0 Å². The Bertz CT molecular complexity index is 144. The average Bonchev–Trinajstić information content (AvgIpc) is 2.05. The summed E-state index contributed by atoms with van der Waals surface area (Å²) < 4.78 is 0. The third-order valence-electron chi connectivity index (χ3n) is 2.44. The number of hydrogen-bond donors (Lipinski definition) is 2. The molecule has 0 aromatic rings. The van der Waals surface area contributed by atoms with Gasteiger partial charge >= 0.3 is 0 Å². The molecule has 1 rings (SSSR count). The molecular formula is C10H20O3. The first-order valence-corrected chi connectivity index (χ1v) is 4.92. The van der Waals surface area contributed by atoms with Gasteiger partial charge in [0.15, 0.2) is 0 Å². The average molecular weight is 188 g/mol. The molecule has 0 aliphatic heterocycles. The summed E-state index contributed by atoms with van der Waals surface area (Å²) in [4.78, 5) is 9.00. The number of carboxylic acid groups (broad SMARTS) is 1. The highest BCUT2D eigenvalue weighted by molar-refractivity contribution is 5.62. The Kier molecular flexibility index (Phi) is 5.71. The Hall–Kier alpha value is -0.570. The SMILES string of the molecule is CC(=O)O.CCC1(O)CCCCC1. The molecule has 1 aliphatic rings. The third-order valence-corrected chi connectivity index (χ3v) is 2.44. The minimum absolute atomic E-state index is 0.280. The van der Waals surface area contributed by atoms with Gasteiger partial charge in [0.1, 0.15) is 0 Å². The van der Waals surface area contributed by atoms with E-state index >= 15 is 0 Å².